The number of halogens is 1. The van der Waals surface area contributed by atoms with Gasteiger partial charge in [0.1, 0.15) is 0 Å². The molecule has 0 atom stereocenters. The molecule has 0 radical (unpaired) electrons. The van der Waals surface area contributed by atoms with E-state index in [9.17, 15) is 4.79 Å². The summed E-state index contributed by atoms with van der Waals surface area (Å²) >= 11 is 5.32. The van der Waals surface area contributed by atoms with Gasteiger partial charge in [-0.15, -0.1) is 0 Å². The van der Waals surface area contributed by atoms with Crippen LogP contribution >= 0.6 is 11.6 Å². The highest BCUT2D eigenvalue weighted by atomic mass is 35.5. The number of carboxylic acid groups (broad SMARTS) is 1. The third kappa shape index (κ3) is 1.98. The summed E-state index contributed by atoms with van der Waals surface area (Å²) in [7, 11) is 0. The first-order valence-corrected chi connectivity index (χ1v) is 2.49. The molecule has 0 aromatic carbocycles. The van der Waals surface area contributed by atoms with Gasteiger partial charge in [-0.05, 0) is 13.8 Å². The molecular formula is C5H7ClO2. The van der Waals surface area contributed by atoms with Crippen molar-refractivity contribution in [2.45, 2.75) is 13.8 Å². The number of allylic oxidation sites excluding steroid dienone is 1. The van der Waals surface area contributed by atoms with Crippen LogP contribution < -0.4 is 0 Å². The Morgan fingerprint density at radius 2 is 1.88 bits per heavy atom. The molecule has 0 aliphatic carbocycles. The van der Waals surface area contributed by atoms with Gasteiger partial charge in [-0.1, -0.05) is 11.6 Å². The van der Waals surface area contributed by atoms with E-state index in [-0.39, 0.29) is 5.57 Å². The molecule has 0 spiro atoms. The molecular weight excluding hydrogens is 128 g/mol. The number of carbonyl (C=O) groups is 1. The van der Waals surface area contributed by atoms with Crippen molar-refractivity contribution < 1.29 is 9.90 Å². The van der Waals surface area contributed by atoms with Crippen LogP contribution in [0.15, 0.2) is 10.6 Å². The summed E-state index contributed by atoms with van der Waals surface area (Å²) < 4.78 is 0. The lowest BCUT2D eigenvalue weighted by Crippen LogP contribution is -1.96. The summed E-state index contributed by atoms with van der Waals surface area (Å²) in [6, 6.07) is 0. The highest BCUT2D eigenvalue weighted by molar-refractivity contribution is 6.31. The Morgan fingerprint density at radius 1 is 1.50 bits per heavy atom. The van der Waals surface area contributed by atoms with E-state index in [0.29, 0.717) is 5.03 Å². The maximum Gasteiger partial charge on any atom is 0.332 e. The second kappa shape index (κ2) is 2.72. The molecule has 0 fully saturated rings. The normalized spacial score (nSPS) is 12.9. The Balaban J connectivity index is 4.23. The Kier molecular flexibility index (Phi) is 2.55. The molecule has 0 rings (SSSR count). The topological polar surface area (TPSA) is 37.3 Å². The first-order chi connectivity index (χ1) is 3.55. The van der Waals surface area contributed by atoms with E-state index in [2.05, 4.69) is 0 Å². The molecule has 0 saturated heterocycles. The standard InChI is InChI=1S/C5H7ClO2/c1-3(4(2)6)5(7)8/h1-2H3,(H,7,8)/b4-3+. The van der Waals surface area contributed by atoms with Gasteiger partial charge in [-0.2, -0.15) is 0 Å². The Morgan fingerprint density at radius 3 is 1.88 bits per heavy atom. The average Bonchev–Trinajstić information content (AvgIpc) is 1.64. The molecule has 0 aliphatic heterocycles. The van der Waals surface area contributed by atoms with Gasteiger partial charge in [0.25, 0.3) is 0 Å². The lowest BCUT2D eigenvalue weighted by atomic mass is 10.3. The molecule has 0 bridgehead atoms. The number of rotatable bonds is 1. The summed E-state index contributed by atoms with van der Waals surface area (Å²) in [5, 5.41) is 8.54. The summed E-state index contributed by atoms with van der Waals surface area (Å²) in [5.74, 6) is -0.961. The molecule has 1 N–H and O–H groups in total. The van der Waals surface area contributed by atoms with E-state index in [0.717, 1.165) is 0 Å². The van der Waals surface area contributed by atoms with Gasteiger partial charge in [0.05, 0.1) is 0 Å². The fraction of sp³-hybridized carbons (Fsp3) is 0.400. The van der Waals surface area contributed by atoms with Crippen LogP contribution in [0.25, 0.3) is 0 Å². The van der Waals surface area contributed by atoms with Crippen LogP contribution in [0.2, 0.25) is 0 Å². The Labute approximate surface area is 52.8 Å². The minimum absolute atomic E-state index is 0.201. The number of hydrogen-bond acceptors (Lipinski definition) is 1. The summed E-state index contributed by atoms with van der Waals surface area (Å²) in [5.41, 5.74) is 0.201. The third-order valence-corrected chi connectivity index (χ3v) is 1.12. The zero-order chi connectivity index (χ0) is 6.73. The van der Waals surface area contributed by atoms with E-state index in [1.807, 2.05) is 0 Å². The molecule has 46 valence electrons. The average molecular weight is 135 g/mol. The van der Waals surface area contributed by atoms with Crippen molar-refractivity contribution in [3.8, 4) is 0 Å². The molecule has 0 aromatic rings. The predicted octanol–water partition coefficient (Wildman–Crippen LogP) is 1.60. The van der Waals surface area contributed by atoms with Gasteiger partial charge in [-0.25, -0.2) is 4.79 Å². The minimum Gasteiger partial charge on any atom is -0.478 e. The Bertz CT molecular complexity index is 133. The van der Waals surface area contributed by atoms with E-state index in [1.165, 1.54) is 6.92 Å². The fourth-order valence-corrected chi connectivity index (χ4v) is 0.228. The van der Waals surface area contributed by atoms with Gasteiger partial charge in [0.15, 0.2) is 0 Å². The van der Waals surface area contributed by atoms with Crippen molar-refractivity contribution in [1.82, 2.24) is 0 Å². The van der Waals surface area contributed by atoms with E-state index >= 15 is 0 Å². The molecule has 2 nitrogen and oxygen atoms in total. The first-order valence-electron chi connectivity index (χ1n) is 2.12. The van der Waals surface area contributed by atoms with Gasteiger partial charge < -0.3 is 5.11 Å². The largest absolute Gasteiger partial charge is 0.478 e. The van der Waals surface area contributed by atoms with Crippen molar-refractivity contribution in [1.29, 1.82) is 0 Å². The molecule has 0 amide bonds. The van der Waals surface area contributed by atoms with E-state index in [1.54, 1.807) is 6.92 Å². The van der Waals surface area contributed by atoms with Gasteiger partial charge in [-0.3, -0.25) is 0 Å². The maximum atomic E-state index is 10.00. The zero-order valence-corrected chi connectivity index (χ0v) is 5.49. The second-order valence-electron chi connectivity index (χ2n) is 1.46. The summed E-state index contributed by atoms with van der Waals surface area (Å²) in [4.78, 5) is 10.00. The minimum atomic E-state index is -0.961. The van der Waals surface area contributed by atoms with E-state index < -0.39 is 5.97 Å². The van der Waals surface area contributed by atoms with Crippen molar-refractivity contribution in [2.75, 3.05) is 0 Å². The van der Waals surface area contributed by atoms with Crippen LogP contribution in [0, 0.1) is 0 Å². The molecule has 0 saturated carbocycles. The summed E-state index contributed by atoms with van der Waals surface area (Å²) in [6.45, 7) is 3.01. The van der Waals surface area contributed by atoms with Crippen molar-refractivity contribution in [3.05, 3.63) is 10.6 Å². The number of carboxylic acids is 1. The third-order valence-electron chi connectivity index (χ3n) is 0.838. The smallest absolute Gasteiger partial charge is 0.332 e. The van der Waals surface area contributed by atoms with Crippen molar-refractivity contribution in [3.63, 3.8) is 0 Å². The highest BCUT2D eigenvalue weighted by Crippen LogP contribution is 2.06. The van der Waals surface area contributed by atoms with Crippen LogP contribution in [0.5, 0.6) is 0 Å². The van der Waals surface area contributed by atoms with Crippen LogP contribution in [0.1, 0.15) is 13.8 Å². The quantitative estimate of drug-likeness (QED) is 0.553. The Hall–Kier alpha value is -0.500. The number of hydrogen-bond donors (Lipinski definition) is 1. The van der Waals surface area contributed by atoms with Crippen LogP contribution in [-0.2, 0) is 4.79 Å². The molecule has 0 aromatic heterocycles. The lowest BCUT2D eigenvalue weighted by Gasteiger charge is -1.90. The maximum absolute atomic E-state index is 10.00. The van der Waals surface area contributed by atoms with Crippen LogP contribution in [0.4, 0.5) is 0 Å². The zero-order valence-electron chi connectivity index (χ0n) is 4.73. The highest BCUT2D eigenvalue weighted by Gasteiger charge is 2.00. The van der Waals surface area contributed by atoms with Crippen LogP contribution in [-0.4, -0.2) is 11.1 Å². The molecule has 8 heavy (non-hydrogen) atoms. The monoisotopic (exact) mass is 134 g/mol. The fourth-order valence-electron chi connectivity index (χ4n) is 0.147. The van der Waals surface area contributed by atoms with Gasteiger partial charge >= 0.3 is 5.97 Å². The second-order valence-corrected chi connectivity index (χ2v) is 2.03. The molecule has 0 aliphatic rings. The first kappa shape index (κ1) is 7.50. The lowest BCUT2D eigenvalue weighted by molar-refractivity contribution is -0.132. The predicted molar refractivity (Wildman–Crippen MR) is 31.9 cm³/mol. The van der Waals surface area contributed by atoms with Crippen molar-refractivity contribution >= 4 is 17.6 Å². The molecule has 3 heteroatoms. The van der Waals surface area contributed by atoms with E-state index in [4.69, 9.17) is 16.7 Å². The summed E-state index contributed by atoms with van der Waals surface area (Å²) in [6.07, 6.45) is 0. The van der Waals surface area contributed by atoms with Gasteiger partial charge in [0, 0.05) is 10.6 Å². The molecule has 0 unspecified atom stereocenters. The molecule has 0 heterocycles. The number of aliphatic carboxylic acids is 1. The SMILES string of the molecule is C/C(Cl)=C(/C)C(=O)O. The van der Waals surface area contributed by atoms with Crippen molar-refractivity contribution in [2.24, 2.45) is 0 Å². The van der Waals surface area contributed by atoms with Crippen LogP contribution in [0.3, 0.4) is 0 Å². The van der Waals surface area contributed by atoms with Gasteiger partial charge in [0.2, 0.25) is 0 Å².